The molecule has 0 saturated carbocycles. The maximum absolute atomic E-state index is 5.95. The first-order chi connectivity index (χ1) is 11.8. The maximum atomic E-state index is 5.95. The van der Waals surface area contributed by atoms with Gasteiger partial charge in [-0.3, -0.25) is 0 Å². The molecule has 0 bridgehead atoms. The molecule has 6 unspecified atom stereocenters. The molecule has 0 spiro atoms. The molecule has 3 heterocycles. The van der Waals surface area contributed by atoms with E-state index in [2.05, 4.69) is 13.8 Å². The van der Waals surface area contributed by atoms with Crippen molar-refractivity contribution in [2.24, 2.45) is 0 Å². The maximum Gasteiger partial charge on any atom is 0.141 e. The fourth-order valence-corrected chi connectivity index (χ4v) is 6.38. The molecule has 3 rings (SSSR count). The van der Waals surface area contributed by atoms with E-state index >= 15 is 0 Å². The molecule has 3 saturated heterocycles. The van der Waals surface area contributed by atoms with Gasteiger partial charge in [-0.05, 0) is 12.8 Å². The van der Waals surface area contributed by atoms with E-state index in [1.54, 1.807) is 23.5 Å². The first kappa shape index (κ1) is 20.0. The Morgan fingerprint density at radius 1 is 0.667 bits per heavy atom. The van der Waals surface area contributed by atoms with Crippen molar-refractivity contribution in [3.8, 4) is 0 Å². The summed E-state index contributed by atoms with van der Waals surface area (Å²) in [5, 5.41) is 1.21. The van der Waals surface area contributed by atoms with Gasteiger partial charge in [-0.2, -0.15) is 23.5 Å². The fourth-order valence-electron chi connectivity index (χ4n) is 2.29. The molecule has 0 aromatic rings. The Morgan fingerprint density at radius 2 is 1.08 bits per heavy atom. The monoisotopic (exact) mass is 412 g/mol. The minimum Gasteiger partial charge on any atom is -0.364 e. The third-order valence-electron chi connectivity index (χ3n) is 3.73. The highest BCUT2D eigenvalue weighted by Gasteiger charge is 2.42. The van der Waals surface area contributed by atoms with Crippen LogP contribution in [0.4, 0.5) is 0 Å². The highest BCUT2D eigenvalue weighted by atomic mass is 32.2. The van der Waals surface area contributed by atoms with Crippen molar-refractivity contribution in [2.75, 3.05) is 37.9 Å². The van der Waals surface area contributed by atoms with Crippen LogP contribution in [0.1, 0.15) is 26.7 Å². The molecule has 3 aliphatic heterocycles. The van der Waals surface area contributed by atoms with Crippen molar-refractivity contribution in [1.29, 1.82) is 0 Å². The third-order valence-corrected chi connectivity index (χ3v) is 8.87. The fraction of sp³-hybridized carbons (Fsp3) is 1.00. The molecular weight excluding hydrogens is 384 g/mol. The Balaban J connectivity index is 1.19. The largest absolute Gasteiger partial charge is 0.364 e. The van der Waals surface area contributed by atoms with E-state index < -0.39 is 0 Å². The number of thioether (sulfide) groups is 4. The molecular formula is C16H28O4S4. The molecule has 3 fully saturated rings. The average Bonchev–Trinajstić information content (AvgIpc) is 3.52. The lowest BCUT2D eigenvalue weighted by molar-refractivity contribution is 0.0436. The van der Waals surface area contributed by atoms with Crippen LogP contribution in [-0.2, 0) is 18.9 Å². The van der Waals surface area contributed by atoms with E-state index in [0.717, 1.165) is 50.8 Å². The highest BCUT2D eigenvalue weighted by Crippen LogP contribution is 2.45. The topological polar surface area (TPSA) is 36.9 Å². The van der Waals surface area contributed by atoms with Crippen LogP contribution in [0.25, 0.3) is 0 Å². The second-order valence-corrected chi connectivity index (χ2v) is 11.1. The van der Waals surface area contributed by atoms with Crippen molar-refractivity contribution in [3.05, 3.63) is 0 Å². The lowest BCUT2D eigenvalue weighted by Gasteiger charge is -2.27. The zero-order valence-electron chi connectivity index (χ0n) is 14.4. The second-order valence-electron chi connectivity index (χ2n) is 6.06. The molecule has 6 atom stereocenters. The van der Waals surface area contributed by atoms with Crippen molar-refractivity contribution < 1.29 is 18.9 Å². The Labute approximate surface area is 162 Å². The van der Waals surface area contributed by atoms with Crippen LogP contribution < -0.4 is 0 Å². The Bertz CT molecular complexity index is 334. The van der Waals surface area contributed by atoms with Crippen LogP contribution in [0, 0.1) is 0 Å². The summed E-state index contributed by atoms with van der Waals surface area (Å²) in [6, 6.07) is 0. The predicted molar refractivity (Wildman–Crippen MR) is 107 cm³/mol. The summed E-state index contributed by atoms with van der Waals surface area (Å²) in [5.41, 5.74) is 1.11. The number of hydrogen-bond donors (Lipinski definition) is 0. The minimum absolute atomic E-state index is 0.273. The standard InChI is InChI=1S/C16H28O4S4/c1-3-5-17-13-15(23-13)19-7-11-9-22-12(10-21-11)8-20-16-14(24-16)18-6-4-2/h11-16H,3-10H2,1-2H3. The van der Waals surface area contributed by atoms with E-state index in [0.29, 0.717) is 10.5 Å². The third kappa shape index (κ3) is 6.76. The Kier molecular flexibility index (Phi) is 8.78. The normalized spacial score (nSPS) is 38.2. The van der Waals surface area contributed by atoms with Gasteiger partial charge in [-0.1, -0.05) is 37.4 Å². The Morgan fingerprint density at radius 3 is 1.46 bits per heavy atom. The van der Waals surface area contributed by atoms with Crippen molar-refractivity contribution in [1.82, 2.24) is 0 Å². The van der Waals surface area contributed by atoms with Crippen LogP contribution in [0.2, 0.25) is 0 Å². The van der Waals surface area contributed by atoms with Gasteiger partial charge in [0.05, 0.1) is 13.2 Å². The lowest BCUT2D eigenvalue weighted by Crippen LogP contribution is -2.29. The molecule has 4 nitrogen and oxygen atoms in total. The molecule has 0 radical (unpaired) electrons. The van der Waals surface area contributed by atoms with E-state index in [4.69, 9.17) is 18.9 Å². The molecule has 24 heavy (non-hydrogen) atoms. The van der Waals surface area contributed by atoms with Gasteiger partial charge < -0.3 is 18.9 Å². The van der Waals surface area contributed by atoms with E-state index in [1.165, 1.54) is 0 Å². The van der Waals surface area contributed by atoms with Gasteiger partial charge in [-0.15, -0.1) is 0 Å². The molecule has 0 amide bonds. The van der Waals surface area contributed by atoms with E-state index in [9.17, 15) is 0 Å². The minimum atomic E-state index is 0.273. The smallest absolute Gasteiger partial charge is 0.141 e. The Hall–Kier alpha value is 1.24. The van der Waals surface area contributed by atoms with Crippen molar-refractivity contribution in [3.63, 3.8) is 0 Å². The zero-order chi connectivity index (χ0) is 16.8. The molecule has 0 aromatic carbocycles. The molecule has 0 aromatic heterocycles. The van der Waals surface area contributed by atoms with Gasteiger partial charge in [0.25, 0.3) is 0 Å². The van der Waals surface area contributed by atoms with Gasteiger partial charge in [-0.25, -0.2) is 0 Å². The van der Waals surface area contributed by atoms with Gasteiger partial charge in [0.2, 0.25) is 0 Å². The van der Waals surface area contributed by atoms with Crippen molar-refractivity contribution in [2.45, 2.75) is 58.9 Å². The van der Waals surface area contributed by atoms with Crippen LogP contribution >= 0.6 is 47.0 Å². The van der Waals surface area contributed by atoms with E-state index in [1.807, 2.05) is 23.5 Å². The van der Waals surface area contributed by atoms with Crippen LogP contribution in [0.5, 0.6) is 0 Å². The summed E-state index contributed by atoms with van der Waals surface area (Å²) < 4.78 is 23.2. The average molecular weight is 413 g/mol. The molecule has 3 aliphatic rings. The highest BCUT2D eigenvalue weighted by molar-refractivity contribution is 8.07. The molecule has 0 aliphatic carbocycles. The van der Waals surface area contributed by atoms with Gasteiger partial charge >= 0.3 is 0 Å². The van der Waals surface area contributed by atoms with Gasteiger partial charge in [0.15, 0.2) is 0 Å². The predicted octanol–water partition coefficient (Wildman–Crippen LogP) is 3.89. The first-order valence-corrected chi connectivity index (χ1v) is 12.8. The first-order valence-electron chi connectivity index (χ1n) is 8.80. The molecule has 140 valence electrons. The van der Waals surface area contributed by atoms with Gasteiger partial charge in [0, 0.05) is 35.2 Å². The summed E-state index contributed by atoms with van der Waals surface area (Å²) in [6.45, 7) is 7.66. The lowest BCUT2D eigenvalue weighted by atomic mass is 10.5. The van der Waals surface area contributed by atoms with Crippen LogP contribution in [0.3, 0.4) is 0 Å². The SMILES string of the molecule is CCCOC1SC1OCC1CSC(COC2SC2OCCC)CS1. The van der Waals surface area contributed by atoms with E-state index in [-0.39, 0.29) is 21.7 Å². The molecule has 8 heteroatoms. The van der Waals surface area contributed by atoms with Crippen LogP contribution in [0.15, 0.2) is 0 Å². The van der Waals surface area contributed by atoms with Gasteiger partial charge in [0.1, 0.15) is 21.7 Å². The number of ether oxygens (including phenoxy) is 4. The molecule has 0 N–H and O–H groups in total. The summed E-state index contributed by atoms with van der Waals surface area (Å²) in [6.07, 6.45) is 2.15. The summed E-state index contributed by atoms with van der Waals surface area (Å²) in [5.74, 6) is 2.31. The number of hydrogen-bond acceptors (Lipinski definition) is 8. The summed E-state index contributed by atoms with van der Waals surface area (Å²) in [4.78, 5) is 0. The van der Waals surface area contributed by atoms with Crippen LogP contribution in [-0.4, -0.2) is 70.2 Å². The summed E-state index contributed by atoms with van der Waals surface area (Å²) in [7, 11) is 0. The van der Waals surface area contributed by atoms with Crippen molar-refractivity contribution >= 4 is 47.0 Å². The summed E-state index contributed by atoms with van der Waals surface area (Å²) >= 11 is 7.66. The second kappa shape index (κ2) is 10.5. The quantitative estimate of drug-likeness (QED) is 0.447. The number of rotatable bonds is 12. The zero-order valence-corrected chi connectivity index (χ0v) is 17.7.